The highest BCUT2D eigenvalue weighted by molar-refractivity contribution is 6.34. The first kappa shape index (κ1) is 14.8. The van der Waals surface area contributed by atoms with Crippen LogP contribution in [0.1, 0.15) is 30.1 Å². The SMILES string of the molecule is CCC1(C(=O)O)CCN(C(=O)c2cccc(F)c2Cl)C1. The minimum atomic E-state index is -0.907. The van der Waals surface area contributed by atoms with Crippen molar-refractivity contribution in [3.05, 3.63) is 34.6 Å². The van der Waals surface area contributed by atoms with Crippen LogP contribution in [0.25, 0.3) is 0 Å². The Morgan fingerprint density at radius 3 is 2.75 bits per heavy atom. The summed E-state index contributed by atoms with van der Waals surface area (Å²) in [6, 6.07) is 4.03. The Morgan fingerprint density at radius 2 is 2.20 bits per heavy atom. The van der Waals surface area contributed by atoms with Crippen LogP contribution < -0.4 is 0 Å². The Hall–Kier alpha value is -1.62. The van der Waals surface area contributed by atoms with Crippen LogP contribution in [0, 0.1) is 11.2 Å². The van der Waals surface area contributed by atoms with E-state index in [4.69, 9.17) is 11.6 Å². The molecule has 0 saturated carbocycles. The molecule has 2 rings (SSSR count). The van der Waals surface area contributed by atoms with E-state index in [1.165, 1.54) is 23.1 Å². The Balaban J connectivity index is 2.24. The molecule has 0 aliphatic carbocycles. The quantitative estimate of drug-likeness (QED) is 0.933. The number of aliphatic carboxylic acids is 1. The average molecular weight is 300 g/mol. The molecule has 1 amide bonds. The van der Waals surface area contributed by atoms with Gasteiger partial charge in [0.2, 0.25) is 0 Å². The molecule has 1 saturated heterocycles. The number of carbonyl (C=O) groups is 2. The van der Waals surface area contributed by atoms with Crippen LogP contribution in [0.15, 0.2) is 18.2 Å². The standard InChI is InChI=1S/C14H15ClFNO3/c1-2-14(13(19)20)6-7-17(8-14)12(18)9-4-3-5-10(16)11(9)15/h3-5H,2,6-8H2,1H3,(H,19,20). The zero-order chi connectivity index (χ0) is 14.9. The molecule has 0 aromatic heterocycles. The smallest absolute Gasteiger partial charge is 0.311 e. The topological polar surface area (TPSA) is 57.6 Å². The maximum Gasteiger partial charge on any atom is 0.311 e. The summed E-state index contributed by atoms with van der Waals surface area (Å²) in [5, 5.41) is 9.09. The Bertz CT molecular complexity index is 563. The molecule has 0 bridgehead atoms. The fraction of sp³-hybridized carbons (Fsp3) is 0.429. The Morgan fingerprint density at radius 1 is 1.50 bits per heavy atom. The van der Waals surface area contributed by atoms with Gasteiger partial charge < -0.3 is 10.0 Å². The van der Waals surface area contributed by atoms with Crippen molar-refractivity contribution in [1.29, 1.82) is 0 Å². The molecule has 4 nitrogen and oxygen atoms in total. The number of rotatable bonds is 3. The van der Waals surface area contributed by atoms with E-state index in [0.717, 1.165) is 0 Å². The van der Waals surface area contributed by atoms with E-state index in [2.05, 4.69) is 0 Å². The van der Waals surface area contributed by atoms with Crippen LogP contribution in [0.2, 0.25) is 5.02 Å². The number of hydrogen-bond acceptors (Lipinski definition) is 2. The summed E-state index contributed by atoms with van der Waals surface area (Å²) in [5.74, 6) is -1.98. The van der Waals surface area contributed by atoms with Crippen molar-refractivity contribution in [3.8, 4) is 0 Å². The van der Waals surface area contributed by atoms with Gasteiger partial charge in [-0.2, -0.15) is 0 Å². The molecule has 6 heteroatoms. The molecule has 1 aliphatic rings. The number of carbonyl (C=O) groups excluding carboxylic acids is 1. The molecule has 20 heavy (non-hydrogen) atoms. The lowest BCUT2D eigenvalue weighted by Gasteiger charge is -2.23. The number of likely N-dealkylation sites (tertiary alicyclic amines) is 1. The molecule has 1 unspecified atom stereocenters. The van der Waals surface area contributed by atoms with Crippen LogP contribution in [0.3, 0.4) is 0 Å². The van der Waals surface area contributed by atoms with Gasteiger partial charge >= 0.3 is 5.97 Å². The van der Waals surface area contributed by atoms with Crippen molar-refractivity contribution in [2.24, 2.45) is 5.41 Å². The fourth-order valence-corrected chi connectivity index (χ4v) is 2.71. The molecule has 1 aromatic carbocycles. The van der Waals surface area contributed by atoms with Gasteiger partial charge in [-0.05, 0) is 25.0 Å². The van der Waals surface area contributed by atoms with Crippen LogP contribution in [-0.4, -0.2) is 35.0 Å². The zero-order valence-corrected chi connectivity index (χ0v) is 11.8. The van der Waals surface area contributed by atoms with Gasteiger partial charge in [-0.1, -0.05) is 24.6 Å². The molecule has 1 fully saturated rings. The van der Waals surface area contributed by atoms with Crippen molar-refractivity contribution in [2.45, 2.75) is 19.8 Å². The lowest BCUT2D eigenvalue weighted by molar-refractivity contribution is -0.148. The zero-order valence-electron chi connectivity index (χ0n) is 11.0. The normalized spacial score (nSPS) is 22.1. The maximum atomic E-state index is 13.4. The predicted molar refractivity (Wildman–Crippen MR) is 72.3 cm³/mol. The summed E-state index contributed by atoms with van der Waals surface area (Å²) >= 11 is 5.80. The molecule has 0 radical (unpaired) electrons. The lowest BCUT2D eigenvalue weighted by atomic mass is 9.84. The first-order chi connectivity index (χ1) is 9.41. The van der Waals surface area contributed by atoms with Gasteiger partial charge in [0.25, 0.3) is 5.91 Å². The van der Waals surface area contributed by atoms with Gasteiger partial charge in [-0.3, -0.25) is 9.59 Å². The average Bonchev–Trinajstić information content (AvgIpc) is 2.87. The van der Waals surface area contributed by atoms with Crippen molar-refractivity contribution < 1.29 is 19.1 Å². The van der Waals surface area contributed by atoms with Gasteiger partial charge in [0.1, 0.15) is 5.82 Å². The maximum absolute atomic E-state index is 13.4. The first-order valence-corrected chi connectivity index (χ1v) is 6.76. The summed E-state index contributed by atoms with van der Waals surface area (Å²) < 4.78 is 13.4. The van der Waals surface area contributed by atoms with Crippen molar-refractivity contribution in [2.75, 3.05) is 13.1 Å². The van der Waals surface area contributed by atoms with Crippen LogP contribution in [0.4, 0.5) is 4.39 Å². The summed E-state index contributed by atoms with van der Waals surface area (Å²) in [6.07, 6.45) is 0.848. The third-order valence-electron chi connectivity index (χ3n) is 3.95. The van der Waals surface area contributed by atoms with Gasteiger partial charge in [0, 0.05) is 13.1 Å². The summed E-state index contributed by atoms with van der Waals surface area (Å²) in [4.78, 5) is 25.1. The monoisotopic (exact) mass is 299 g/mol. The minimum absolute atomic E-state index is 0.0731. The van der Waals surface area contributed by atoms with Crippen molar-refractivity contribution >= 4 is 23.5 Å². The third-order valence-corrected chi connectivity index (χ3v) is 4.34. The molecule has 108 valence electrons. The highest BCUT2D eigenvalue weighted by atomic mass is 35.5. The Kier molecular flexibility index (Phi) is 3.99. The van der Waals surface area contributed by atoms with E-state index < -0.39 is 23.1 Å². The number of benzene rings is 1. The summed E-state index contributed by atoms with van der Waals surface area (Å²) in [5.41, 5.74) is -0.834. The highest BCUT2D eigenvalue weighted by Crippen LogP contribution is 2.35. The minimum Gasteiger partial charge on any atom is -0.481 e. The number of carboxylic acids is 1. The molecular weight excluding hydrogens is 285 g/mol. The van der Waals surface area contributed by atoms with Gasteiger partial charge in [-0.25, -0.2) is 4.39 Å². The fourth-order valence-electron chi connectivity index (χ4n) is 2.50. The van der Waals surface area contributed by atoms with E-state index in [1.54, 1.807) is 6.92 Å². The molecular formula is C14H15ClFNO3. The number of nitrogens with zero attached hydrogens (tertiary/aromatic N) is 1. The van der Waals surface area contributed by atoms with Crippen molar-refractivity contribution in [1.82, 2.24) is 4.90 Å². The molecule has 1 heterocycles. The number of halogens is 2. The van der Waals surface area contributed by atoms with E-state index in [-0.39, 0.29) is 17.1 Å². The third kappa shape index (κ3) is 2.38. The van der Waals surface area contributed by atoms with Crippen molar-refractivity contribution in [3.63, 3.8) is 0 Å². The Labute approximate surface area is 121 Å². The largest absolute Gasteiger partial charge is 0.481 e. The first-order valence-electron chi connectivity index (χ1n) is 6.38. The van der Waals surface area contributed by atoms with E-state index in [0.29, 0.717) is 19.4 Å². The van der Waals surface area contributed by atoms with Gasteiger partial charge in [-0.15, -0.1) is 0 Å². The summed E-state index contributed by atoms with van der Waals surface area (Å²) in [6.45, 7) is 2.26. The lowest BCUT2D eigenvalue weighted by Crippen LogP contribution is -2.36. The van der Waals surface area contributed by atoms with E-state index in [9.17, 15) is 19.1 Å². The molecule has 1 aliphatic heterocycles. The highest BCUT2D eigenvalue weighted by Gasteiger charge is 2.45. The number of carboxylic acid groups (broad SMARTS) is 1. The van der Waals surface area contributed by atoms with Crippen LogP contribution >= 0.6 is 11.6 Å². The van der Waals surface area contributed by atoms with Gasteiger partial charge in [0.15, 0.2) is 0 Å². The summed E-state index contributed by atoms with van der Waals surface area (Å²) in [7, 11) is 0. The molecule has 1 N–H and O–H groups in total. The van der Waals surface area contributed by atoms with Crippen LogP contribution in [-0.2, 0) is 4.79 Å². The molecule has 0 spiro atoms. The second-order valence-electron chi connectivity index (χ2n) is 5.02. The predicted octanol–water partition coefficient (Wildman–Crippen LogP) is 2.81. The van der Waals surface area contributed by atoms with Gasteiger partial charge in [0.05, 0.1) is 16.0 Å². The second kappa shape index (κ2) is 5.40. The molecule has 1 aromatic rings. The molecule has 1 atom stereocenters. The van der Waals surface area contributed by atoms with Crippen LogP contribution in [0.5, 0.6) is 0 Å². The number of hydrogen-bond donors (Lipinski definition) is 1. The van der Waals surface area contributed by atoms with E-state index in [1.807, 2.05) is 0 Å². The second-order valence-corrected chi connectivity index (χ2v) is 5.40. The number of amides is 1. The van der Waals surface area contributed by atoms with E-state index >= 15 is 0 Å².